The van der Waals surface area contributed by atoms with Gasteiger partial charge >= 0.3 is 0 Å². The number of rotatable bonds is 7. The Hall–Kier alpha value is -3.61. The molecule has 1 heterocycles. The number of nitrogens with one attached hydrogen (secondary N) is 1. The first-order chi connectivity index (χ1) is 14.8. The van der Waals surface area contributed by atoms with Gasteiger partial charge in [0.2, 0.25) is 11.7 Å². The van der Waals surface area contributed by atoms with Gasteiger partial charge in [0.25, 0.3) is 0 Å². The Morgan fingerprint density at radius 3 is 2.10 bits per heavy atom. The second-order valence-electron chi connectivity index (χ2n) is 7.11. The van der Waals surface area contributed by atoms with Crippen molar-refractivity contribution in [3.05, 3.63) is 47.2 Å². The van der Waals surface area contributed by atoms with Gasteiger partial charge < -0.3 is 28.7 Å². The van der Waals surface area contributed by atoms with E-state index in [1.807, 2.05) is 26.8 Å². The number of anilines is 1. The molecule has 7 heteroatoms. The third-order valence-corrected chi connectivity index (χ3v) is 5.15. The highest BCUT2D eigenvalue weighted by atomic mass is 16.5. The van der Waals surface area contributed by atoms with Crippen LogP contribution in [0.5, 0.6) is 23.0 Å². The SMILES string of the molecule is COc1cc(NC(=O)/C=C(\C)c2cc3c(C)coc3c(C)c2OC)cc(OC)c1OC. The fourth-order valence-corrected chi connectivity index (χ4v) is 3.60. The monoisotopic (exact) mass is 425 g/mol. The van der Waals surface area contributed by atoms with Crippen molar-refractivity contribution >= 4 is 28.1 Å². The fourth-order valence-electron chi connectivity index (χ4n) is 3.60. The van der Waals surface area contributed by atoms with Crippen LogP contribution in [-0.4, -0.2) is 34.3 Å². The number of ether oxygens (including phenoxy) is 4. The molecule has 0 saturated heterocycles. The van der Waals surface area contributed by atoms with Crippen LogP contribution in [0.1, 0.15) is 23.6 Å². The summed E-state index contributed by atoms with van der Waals surface area (Å²) >= 11 is 0. The van der Waals surface area contributed by atoms with Crippen LogP contribution in [0.4, 0.5) is 5.69 Å². The van der Waals surface area contributed by atoms with Crippen molar-refractivity contribution in [2.75, 3.05) is 33.8 Å². The van der Waals surface area contributed by atoms with E-state index in [0.29, 0.717) is 28.7 Å². The molecule has 0 saturated carbocycles. The zero-order valence-electron chi connectivity index (χ0n) is 18.8. The number of carbonyl (C=O) groups excluding carboxylic acids is 1. The molecule has 0 unspecified atom stereocenters. The summed E-state index contributed by atoms with van der Waals surface area (Å²) < 4.78 is 27.3. The molecule has 1 N–H and O–H groups in total. The Bertz CT molecular complexity index is 1130. The standard InChI is InChI=1S/C24H27NO6/c1-13(17-11-18-14(2)12-31-23(18)15(3)22(17)29-6)8-21(26)25-16-9-19(27-4)24(30-7)20(10-16)28-5/h8-12H,1-7H3,(H,25,26)/b13-8+. The van der Waals surface area contributed by atoms with Crippen molar-refractivity contribution in [1.82, 2.24) is 0 Å². The molecule has 3 aromatic rings. The Balaban J connectivity index is 1.96. The third-order valence-electron chi connectivity index (χ3n) is 5.15. The van der Waals surface area contributed by atoms with E-state index in [1.165, 1.54) is 27.4 Å². The van der Waals surface area contributed by atoms with E-state index in [2.05, 4.69) is 5.32 Å². The van der Waals surface area contributed by atoms with Crippen LogP contribution in [0.2, 0.25) is 0 Å². The van der Waals surface area contributed by atoms with Crippen molar-refractivity contribution in [3.8, 4) is 23.0 Å². The quantitative estimate of drug-likeness (QED) is 0.529. The smallest absolute Gasteiger partial charge is 0.248 e. The maximum atomic E-state index is 12.8. The Labute approximate surface area is 181 Å². The molecule has 0 fully saturated rings. The van der Waals surface area contributed by atoms with E-state index in [9.17, 15) is 4.79 Å². The molecule has 0 radical (unpaired) electrons. The van der Waals surface area contributed by atoms with Crippen molar-refractivity contribution in [3.63, 3.8) is 0 Å². The normalized spacial score (nSPS) is 11.4. The van der Waals surface area contributed by atoms with E-state index >= 15 is 0 Å². The van der Waals surface area contributed by atoms with Crippen LogP contribution < -0.4 is 24.3 Å². The van der Waals surface area contributed by atoms with Gasteiger partial charge in [-0.3, -0.25) is 4.79 Å². The summed E-state index contributed by atoms with van der Waals surface area (Å²) in [5.74, 6) is 1.75. The van der Waals surface area contributed by atoms with Crippen LogP contribution in [0, 0.1) is 13.8 Å². The number of furan rings is 1. The predicted octanol–water partition coefficient (Wildman–Crippen LogP) is 5.13. The molecular formula is C24H27NO6. The molecule has 0 aliphatic carbocycles. The second kappa shape index (κ2) is 9.04. The van der Waals surface area contributed by atoms with Crippen molar-refractivity contribution in [2.24, 2.45) is 0 Å². The molecule has 2 aromatic carbocycles. The van der Waals surface area contributed by atoms with Crippen LogP contribution in [0.25, 0.3) is 16.5 Å². The summed E-state index contributed by atoms with van der Waals surface area (Å²) in [5.41, 5.74) is 4.81. The van der Waals surface area contributed by atoms with Gasteiger partial charge in [0.05, 0.1) is 34.7 Å². The molecule has 164 valence electrons. The molecule has 0 bridgehead atoms. The number of aryl methyl sites for hydroxylation is 2. The number of amides is 1. The highest BCUT2D eigenvalue weighted by Gasteiger charge is 2.18. The largest absolute Gasteiger partial charge is 0.496 e. The zero-order chi connectivity index (χ0) is 22.7. The van der Waals surface area contributed by atoms with Gasteiger partial charge in [-0.2, -0.15) is 0 Å². The maximum absolute atomic E-state index is 12.8. The van der Waals surface area contributed by atoms with E-state index in [1.54, 1.807) is 25.5 Å². The van der Waals surface area contributed by atoms with E-state index in [4.69, 9.17) is 23.4 Å². The number of hydrogen-bond acceptors (Lipinski definition) is 6. The first-order valence-corrected chi connectivity index (χ1v) is 9.69. The molecule has 0 aliphatic heterocycles. The van der Waals surface area contributed by atoms with Gasteiger partial charge in [-0.15, -0.1) is 0 Å². The molecular weight excluding hydrogens is 398 g/mol. The van der Waals surface area contributed by atoms with Gasteiger partial charge in [0.1, 0.15) is 11.3 Å². The molecule has 0 atom stereocenters. The van der Waals surface area contributed by atoms with Crippen LogP contribution in [-0.2, 0) is 4.79 Å². The summed E-state index contributed by atoms with van der Waals surface area (Å²) in [7, 11) is 6.18. The van der Waals surface area contributed by atoms with Crippen LogP contribution in [0.15, 0.2) is 35.0 Å². The molecule has 1 aromatic heterocycles. The topological polar surface area (TPSA) is 79.2 Å². The molecule has 3 rings (SSSR count). The third kappa shape index (κ3) is 4.17. The lowest BCUT2D eigenvalue weighted by molar-refractivity contribution is -0.111. The van der Waals surface area contributed by atoms with Gasteiger partial charge in [0.15, 0.2) is 11.5 Å². The van der Waals surface area contributed by atoms with Gasteiger partial charge in [-0.25, -0.2) is 0 Å². The van der Waals surface area contributed by atoms with E-state index in [-0.39, 0.29) is 5.91 Å². The highest BCUT2D eigenvalue weighted by Crippen LogP contribution is 2.40. The van der Waals surface area contributed by atoms with E-state index in [0.717, 1.165) is 33.2 Å². The first-order valence-electron chi connectivity index (χ1n) is 9.69. The fraction of sp³-hybridized carbons (Fsp3) is 0.292. The second-order valence-corrected chi connectivity index (χ2v) is 7.11. The Morgan fingerprint density at radius 2 is 1.55 bits per heavy atom. The number of carbonyl (C=O) groups is 1. The van der Waals surface area contributed by atoms with Crippen LogP contribution in [0.3, 0.4) is 0 Å². The first kappa shape index (κ1) is 22.1. The minimum Gasteiger partial charge on any atom is -0.496 e. The number of hydrogen-bond donors (Lipinski definition) is 1. The lowest BCUT2D eigenvalue weighted by atomic mass is 9.98. The summed E-state index contributed by atoms with van der Waals surface area (Å²) in [6, 6.07) is 5.33. The average Bonchev–Trinajstić information content (AvgIpc) is 3.13. The maximum Gasteiger partial charge on any atom is 0.248 e. The van der Waals surface area contributed by atoms with Gasteiger partial charge in [-0.1, -0.05) is 0 Å². The molecule has 0 aliphatic rings. The highest BCUT2D eigenvalue weighted by molar-refractivity contribution is 6.05. The summed E-state index contributed by atoms with van der Waals surface area (Å²) in [6.45, 7) is 5.79. The molecule has 31 heavy (non-hydrogen) atoms. The predicted molar refractivity (Wildman–Crippen MR) is 121 cm³/mol. The molecule has 1 amide bonds. The van der Waals surface area contributed by atoms with Crippen molar-refractivity contribution in [1.29, 1.82) is 0 Å². The Morgan fingerprint density at radius 1 is 0.935 bits per heavy atom. The van der Waals surface area contributed by atoms with Gasteiger partial charge in [-0.05, 0) is 38.0 Å². The van der Waals surface area contributed by atoms with Crippen molar-refractivity contribution in [2.45, 2.75) is 20.8 Å². The lowest BCUT2D eigenvalue weighted by Crippen LogP contribution is -2.09. The summed E-state index contributed by atoms with van der Waals surface area (Å²) in [5, 5.41) is 3.84. The zero-order valence-corrected chi connectivity index (χ0v) is 18.8. The lowest BCUT2D eigenvalue weighted by Gasteiger charge is -2.15. The number of methoxy groups -OCH3 is 4. The van der Waals surface area contributed by atoms with Crippen LogP contribution >= 0.6 is 0 Å². The number of benzene rings is 2. The molecule has 0 spiro atoms. The minimum atomic E-state index is -0.296. The van der Waals surface area contributed by atoms with Gasteiger partial charge in [0, 0.05) is 40.4 Å². The Kier molecular flexibility index (Phi) is 6.44. The summed E-state index contributed by atoms with van der Waals surface area (Å²) in [4.78, 5) is 12.8. The average molecular weight is 425 g/mol. The number of allylic oxidation sites excluding steroid dienone is 1. The minimum absolute atomic E-state index is 0.296. The summed E-state index contributed by atoms with van der Waals surface area (Å²) in [6.07, 6.45) is 3.25. The number of fused-ring (bicyclic) bond motifs is 1. The molecule has 7 nitrogen and oxygen atoms in total. The van der Waals surface area contributed by atoms with E-state index < -0.39 is 0 Å². The van der Waals surface area contributed by atoms with Crippen molar-refractivity contribution < 1.29 is 28.2 Å².